The highest BCUT2D eigenvalue weighted by Gasteiger charge is 2.13. The van der Waals surface area contributed by atoms with E-state index in [-0.39, 0.29) is 10.8 Å². The van der Waals surface area contributed by atoms with Crippen molar-refractivity contribution in [3.63, 3.8) is 0 Å². The number of hydrogen-bond donors (Lipinski definition) is 0. The number of hydrogen-bond acceptors (Lipinski definition) is 0. The van der Waals surface area contributed by atoms with E-state index in [1.54, 1.807) is 0 Å². The molecule has 0 aliphatic heterocycles. The first-order valence-corrected chi connectivity index (χ1v) is 5.98. The SMILES string of the molecule is CC(C)(C)/C=C/c1cccc(C(C)(C)C)c1. The lowest BCUT2D eigenvalue weighted by Crippen LogP contribution is -2.10. The summed E-state index contributed by atoms with van der Waals surface area (Å²) in [4.78, 5) is 0. The topological polar surface area (TPSA) is 0 Å². The highest BCUT2D eigenvalue weighted by Crippen LogP contribution is 2.24. The van der Waals surface area contributed by atoms with Gasteiger partial charge >= 0.3 is 0 Å². The third-order valence-electron chi connectivity index (χ3n) is 2.53. The summed E-state index contributed by atoms with van der Waals surface area (Å²) < 4.78 is 0. The fourth-order valence-corrected chi connectivity index (χ4v) is 1.46. The van der Waals surface area contributed by atoms with E-state index in [0.29, 0.717) is 0 Å². The third-order valence-corrected chi connectivity index (χ3v) is 2.53. The Labute approximate surface area is 100 Å². The van der Waals surface area contributed by atoms with Crippen molar-refractivity contribution >= 4 is 6.08 Å². The number of benzene rings is 1. The predicted octanol–water partition coefficient (Wildman–Crippen LogP) is 5.04. The van der Waals surface area contributed by atoms with E-state index in [9.17, 15) is 0 Å². The molecule has 0 bridgehead atoms. The van der Waals surface area contributed by atoms with Crippen LogP contribution in [0, 0.1) is 5.41 Å². The maximum Gasteiger partial charge on any atom is -0.0132 e. The average Bonchev–Trinajstić information content (AvgIpc) is 2.13. The van der Waals surface area contributed by atoms with Crippen molar-refractivity contribution in [2.45, 2.75) is 47.0 Å². The van der Waals surface area contributed by atoms with Crippen LogP contribution >= 0.6 is 0 Å². The van der Waals surface area contributed by atoms with Gasteiger partial charge in [0.2, 0.25) is 0 Å². The van der Waals surface area contributed by atoms with Gasteiger partial charge < -0.3 is 0 Å². The highest BCUT2D eigenvalue weighted by atomic mass is 14.2. The van der Waals surface area contributed by atoms with Gasteiger partial charge in [-0.1, -0.05) is 78.0 Å². The van der Waals surface area contributed by atoms with Crippen molar-refractivity contribution in [2.24, 2.45) is 5.41 Å². The first-order valence-electron chi connectivity index (χ1n) is 5.98. The molecule has 0 atom stereocenters. The van der Waals surface area contributed by atoms with Crippen LogP contribution in [0.1, 0.15) is 52.7 Å². The Morgan fingerprint density at radius 1 is 0.938 bits per heavy atom. The van der Waals surface area contributed by atoms with Gasteiger partial charge in [-0.3, -0.25) is 0 Å². The van der Waals surface area contributed by atoms with Crippen LogP contribution in [0.5, 0.6) is 0 Å². The molecule has 0 heteroatoms. The van der Waals surface area contributed by atoms with E-state index >= 15 is 0 Å². The Morgan fingerprint density at radius 2 is 1.56 bits per heavy atom. The van der Waals surface area contributed by atoms with Gasteiger partial charge in [0.25, 0.3) is 0 Å². The minimum Gasteiger partial charge on any atom is -0.0785 e. The molecule has 16 heavy (non-hydrogen) atoms. The second-order valence-corrected chi connectivity index (χ2v) is 6.57. The highest BCUT2D eigenvalue weighted by molar-refractivity contribution is 5.51. The molecule has 0 N–H and O–H groups in total. The summed E-state index contributed by atoms with van der Waals surface area (Å²) in [5.74, 6) is 0. The molecule has 1 aromatic rings. The second kappa shape index (κ2) is 4.45. The summed E-state index contributed by atoms with van der Waals surface area (Å²) in [5.41, 5.74) is 3.16. The fourth-order valence-electron chi connectivity index (χ4n) is 1.46. The molecule has 0 aliphatic rings. The molecule has 0 saturated heterocycles. The van der Waals surface area contributed by atoms with Crippen LogP contribution in [0.15, 0.2) is 30.3 Å². The molecule has 0 unspecified atom stereocenters. The molecular weight excluding hydrogens is 192 g/mol. The van der Waals surface area contributed by atoms with Crippen molar-refractivity contribution in [3.05, 3.63) is 41.5 Å². The van der Waals surface area contributed by atoms with Crippen LogP contribution in [0.4, 0.5) is 0 Å². The van der Waals surface area contributed by atoms with E-state index < -0.39 is 0 Å². The summed E-state index contributed by atoms with van der Waals surface area (Å²) in [6.07, 6.45) is 4.48. The van der Waals surface area contributed by atoms with Crippen LogP contribution in [-0.2, 0) is 5.41 Å². The quantitative estimate of drug-likeness (QED) is 0.616. The first-order chi connectivity index (χ1) is 7.18. The summed E-state index contributed by atoms with van der Waals surface area (Å²) in [6.45, 7) is 13.4. The van der Waals surface area contributed by atoms with Crippen LogP contribution in [0.25, 0.3) is 6.08 Å². The van der Waals surface area contributed by atoms with Crippen LogP contribution < -0.4 is 0 Å². The van der Waals surface area contributed by atoms with E-state index in [1.165, 1.54) is 11.1 Å². The van der Waals surface area contributed by atoms with Crippen molar-refractivity contribution in [3.8, 4) is 0 Å². The third kappa shape index (κ3) is 4.22. The monoisotopic (exact) mass is 216 g/mol. The average molecular weight is 216 g/mol. The molecule has 0 saturated carbocycles. The van der Waals surface area contributed by atoms with Crippen molar-refractivity contribution in [2.75, 3.05) is 0 Å². The standard InChI is InChI=1S/C16H24/c1-15(2,3)11-10-13-8-7-9-14(12-13)16(4,5)6/h7-12H,1-6H3/b11-10+. The molecule has 0 radical (unpaired) electrons. The molecule has 0 aliphatic carbocycles. The maximum absolute atomic E-state index is 2.28. The van der Waals surface area contributed by atoms with Crippen LogP contribution in [-0.4, -0.2) is 0 Å². The largest absolute Gasteiger partial charge is 0.0785 e. The minimum atomic E-state index is 0.228. The predicted molar refractivity (Wildman–Crippen MR) is 73.6 cm³/mol. The molecule has 0 spiro atoms. The second-order valence-electron chi connectivity index (χ2n) is 6.57. The normalized spacial score (nSPS) is 13.4. The Bertz CT molecular complexity index is 370. The van der Waals surface area contributed by atoms with Crippen molar-refractivity contribution in [1.29, 1.82) is 0 Å². The van der Waals surface area contributed by atoms with Crippen molar-refractivity contribution in [1.82, 2.24) is 0 Å². The smallest absolute Gasteiger partial charge is 0.0132 e. The lowest BCUT2D eigenvalue weighted by Gasteiger charge is -2.19. The Balaban J connectivity index is 2.96. The van der Waals surface area contributed by atoms with Gasteiger partial charge in [-0.25, -0.2) is 0 Å². The zero-order valence-corrected chi connectivity index (χ0v) is 11.5. The van der Waals surface area contributed by atoms with Gasteiger partial charge in [0.15, 0.2) is 0 Å². The molecule has 0 nitrogen and oxygen atoms in total. The number of allylic oxidation sites excluding steroid dienone is 1. The summed E-state index contributed by atoms with van der Waals surface area (Å²) in [5, 5.41) is 0. The lowest BCUT2D eigenvalue weighted by atomic mass is 9.86. The van der Waals surface area contributed by atoms with E-state index in [4.69, 9.17) is 0 Å². The van der Waals surface area contributed by atoms with E-state index in [0.717, 1.165) is 0 Å². The van der Waals surface area contributed by atoms with Crippen molar-refractivity contribution < 1.29 is 0 Å². The fraction of sp³-hybridized carbons (Fsp3) is 0.500. The molecule has 1 aromatic carbocycles. The van der Waals surface area contributed by atoms with Gasteiger partial charge in [0.05, 0.1) is 0 Å². The molecule has 0 heterocycles. The van der Waals surface area contributed by atoms with E-state index in [2.05, 4.69) is 78.0 Å². The minimum absolute atomic E-state index is 0.228. The molecule has 0 amide bonds. The number of rotatable bonds is 1. The summed E-state index contributed by atoms with van der Waals surface area (Å²) in [6, 6.07) is 8.79. The molecule has 0 fully saturated rings. The Kier molecular flexibility index (Phi) is 3.62. The molecule has 1 rings (SSSR count). The van der Waals surface area contributed by atoms with Gasteiger partial charge in [0.1, 0.15) is 0 Å². The first kappa shape index (κ1) is 13.0. The zero-order chi connectivity index (χ0) is 12.4. The van der Waals surface area contributed by atoms with E-state index in [1.807, 2.05) is 0 Å². The maximum atomic E-state index is 2.28. The zero-order valence-electron chi connectivity index (χ0n) is 11.5. The molecule has 0 aromatic heterocycles. The lowest BCUT2D eigenvalue weighted by molar-refractivity contribution is 0.547. The summed E-state index contributed by atoms with van der Waals surface area (Å²) >= 11 is 0. The molecular formula is C16H24. The Hall–Kier alpha value is -1.04. The summed E-state index contributed by atoms with van der Waals surface area (Å²) in [7, 11) is 0. The molecule has 88 valence electrons. The van der Waals surface area contributed by atoms with Gasteiger partial charge in [-0.05, 0) is 22.0 Å². The Morgan fingerprint density at radius 3 is 2.06 bits per heavy atom. The van der Waals surface area contributed by atoms with Gasteiger partial charge in [-0.15, -0.1) is 0 Å². The van der Waals surface area contributed by atoms with Gasteiger partial charge in [-0.2, -0.15) is 0 Å². The van der Waals surface area contributed by atoms with Crippen LogP contribution in [0.2, 0.25) is 0 Å². The van der Waals surface area contributed by atoms with Crippen LogP contribution in [0.3, 0.4) is 0 Å². The van der Waals surface area contributed by atoms with Gasteiger partial charge in [0, 0.05) is 0 Å².